The third-order valence-corrected chi connectivity index (χ3v) is 21.6. The summed E-state index contributed by atoms with van der Waals surface area (Å²) in [5.74, 6) is -0.878. The molecule has 4 heterocycles. The summed E-state index contributed by atoms with van der Waals surface area (Å²) in [5, 5.41) is 119. The van der Waals surface area contributed by atoms with E-state index < -0.39 is 171 Å². The Morgan fingerprint density at radius 1 is 0.438 bits per heavy atom. The van der Waals surface area contributed by atoms with E-state index in [0.29, 0.717) is 12.8 Å². The van der Waals surface area contributed by atoms with Gasteiger partial charge in [0.1, 0.15) is 91.5 Å². The summed E-state index contributed by atoms with van der Waals surface area (Å²) in [6, 6.07) is -1.86. The van der Waals surface area contributed by atoms with Crippen LogP contribution in [0.25, 0.3) is 0 Å². The van der Waals surface area contributed by atoms with Gasteiger partial charge >= 0.3 is 15.6 Å². The van der Waals surface area contributed by atoms with Crippen molar-refractivity contribution in [2.75, 3.05) is 26.4 Å². The van der Waals surface area contributed by atoms with Crippen LogP contribution in [0.3, 0.4) is 0 Å². The number of rotatable bonds is 46. The maximum Gasteiger partial charge on any atom is 0.483 e. The van der Waals surface area contributed by atoms with Gasteiger partial charge in [-0.3, -0.25) is 13.8 Å². The predicted molar refractivity (Wildman–Crippen MR) is 396 cm³/mol. The zero-order valence-corrected chi connectivity index (χ0v) is 65.7. The van der Waals surface area contributed by atoms with Crippen LogP contribution < -0.4 is 5.32 Å². The molecule has 0 aromatic carbocycles. The second kappa shape index (κ2) is 47.6. The van der Waals surface area contributed by atoms with E-state index >= 15 is 0 Å². The summed E-state index contributed by atoms with van der Waals surface area (Å²) in [5.41, 5.74) is 13.5. The first kappa shape index (κ1) is 93.8. The van der Waals surface area contributed by atoms with E-state index in [2.05, 4.69) is 134 Å². The summed E-state index contributed by atoms with van der Waals surface area (Å²) in [4.78, 5) is 33.9. The zero-order chi connectivity index (χ0) is 78.3. The molecule has 14 N–H and O–H groups in total. The van der Waals surface area contributed by atoms with Crippen molar-refractivity contribution in [3.05, 3.63) is 116 Å². The highest BCUT2D eigenvalue weighted by molar-refractivity contribution is 7.61. The van der Waals surface area contributed by atoms with Gasteiger partial charge in [0, 0.05) is 6.92 Å². The Balaban J connectivity index is 1.17. The minimum atomic E-state index is -5.76. The quantitative estimate of drug-likeness (QED) is 0.0199. The number of carbonyl (C=O) groups is 1. The molecule has 2 unspecified atom stereocenters. The van der Waals surface area contributed by atoms with Gasteiger partial charge in [-0.05, 0) is 199 Å². The summed E-state index contributed by atoms with van der Waals surface area (Å²) < 4.78 is 80.7. The van der Waals surface area contributed by atoms with Gasteiger partial charge in [0.15, 0.2) is 25.2 Å². The van der Waals surface area contributed by atoms with Gasteiger partial charge in [0.2, 0.25) is 5.91 Å². The molecular formula is C76H127NO26P2. The summed E-state index contributed by atoms with van der Waals surface area (Å²) in [6.07, 6.45) is 6.56. The molecule has 0 saturated carbocycles. The van der Waals surface area contributed by atoms with Gasteiger partial charge < -0.3 is 104 Å². The number of phosphoric acid groups is 2. The monoisotopic (exact) mass is 1530 g/mol. The Hall–Kier alpha value is -3.59. The number of ether oxygens (including phenoxy) is 7. The number of phosphoric ester groups is 2. The largest absolute Gasteiger partial charge is 0.483 e. The van der Waals surface area contributed by atoms with Crippen LogP contribution in [-0.2, 0) is 60.4 Å². The molecular weight excluding hydrogens is 1400 g/mol. The van der Waals surface area contributed by atoms with Crippen LogP contribution in [0, 0.1) is 0 Å². The SMILES string of the molecule is CC(=O)N[C@H]1[C@@H](OP(=O)(O)OP(=O)(O)OC/C=C(/C)CC/C=C(/C)CC/C=C(/C)CC/C=C(/C)CC/C=C(/C)CC/C=C(/C)CC/C=C(/C)CC/C=C(/C)CC/C=C(\C)CCC=C(C)C)O[C@H](CO)[C@@H](O)[C@@H]1O[C@@H]1O[C@@H](C)[C@H](O[C@@H]2O[C@@H]([C@@H](CO)O[C@@H]3O[C@@H]([C@H](O)CO)[C@H](O)[C@H]3O)[C@H](O)[C@H]2O)[C@@H](O)[C@H]1O. The Bertz CT molecular complexity index is 3070. The second-order valence-electron chi connectivity index (χ2n) is 28.8. The predicted octanol–water partition coefficient (Wildman–Crippen LogP) is 9.19. The number of aliphatic hydroxyl groups is 11. The first-order valence-electron chi connectivity index (χ1n) is 36.9. The molecule has 0 aliphatic carbocycles. The Morgan fingerprint density at radius 3 is 1.21 bits per heavy atom. The molecule has 105 heavy (non-hydrogen) atoms. The van der Waals surface area contributed by atoms with Gasteiger partial charge in [-0.15, -0.1) is 0 Å². The van der Waals surface area contributed by atoms with Crippen molar-refractivity contribution < 1.29 is 126 Å². The van der Waals surface area contributed by atoms with Crippen LogP contribution in [0.1, 0.15) is 206 Å². The maximum absolute atomic E-state index is 13.4. The lowest BCUT2D eigenvalue weighted by Crippen LogP contribution is -2.67. The molecule has 602 valence electrons. The number of nitrogens with one attached hydrogen (secondary N) is 1. The summed E-state index contributed by atoms with van der Waals surface area (Å²) in [6.45, 7) is 22.7. The molecule has 0 spiro atoms. The third kappa shape index (κ3) is 33.5. The smallest absolute Gasteiger partial charge is 0.394 e. The molecule has 4 rings (SSSR count). The third-order valence-electron chi connectivity index (χ3n) is 19.0. The van der Waals surface area contributed by atoms with E-state index in [4.69, 9.17) is 42.2 Å². The molecule has 4 saturated heterocycles. The molecule has 0 aromatic heterocycles. The van der Waals surface area contributed by atoms with Gasteiger partial charge in [0.25, 0.3) is 0 Å². The van der Waals surface area contributed by atoms with Crippen LogP contribution in [0.5, 0.6) is 0 Å². The molecule has 0 radical (unpaired) electrons. The van der Waals surface area contributed by atoms with Gasteiger partial charge in [-0.1, -0.05) is 116 Å². The van der Waals surface area contributed by atoms with Crippen LogP contribution >= 0.6 is 15.6 Å². The molecule has 0 bridgehead atoms. The number of allylic oxidation sites excluding steroid dienone is 19. The highest BCUT2D eigenvalue weighted by Gasteiger charge is 2.56. The normalized spacial score (nSPS) is 31.2. The lowest BCUT2D eigenvalue weighted by atomic mass is 9.95. The first-order valence-corrected chi connectivity index (χ1v) is 39.9. The average molecular weight is 1530 g/mol. The lowest BCUT2D eigenvalue weighted by molar-refractivity contribution is -0.351. The van der Waals surface area contributed by atoms with E-state index in [1.165, 1.54) is 63.2 Å². The molecule has 27 nitrogen and oxygen atoms in total. The first-order chi connectivity index (χ1) is 49.5. The highest BCUT2D eigenvalue weighted by atomic mass is 31.3. The zero-order valence-electron chi connectivity index (χ0n) is 63.9. The Morgan fingerprint density at radius 2 is 0.810 bits per heavy atom. The van der Waals surface area contributed by atoms with Crippen molar-refractivity contribution in [3.8, 4) is 0 Å². The number of amides is 1. The van der Waals surface area contributed by atoms with Gasteiger partial charge in [-0.2, -0.15) is 4.31 Å². The molecule has 1 amide bonds. The van der Waals surface area contributed by atoms with Crippen molar-refractivity contribution in [2.24, 2.45) is 0 Å². The second-order valence-corrected chi connectivity index (χ2v) is 31.8. The molecule has 4 fully saturated rings. The summed E-state index contributed by atoms with van der Waals surface area (Å²) >= 11 is 0. The van der Waals surface area contributed by atoms with Crippen molar-refractivity contribution >= 4 is 21.6 Å². The number of aliphatic hydroxyl groups excluding tert-OH is 11. The van der Waals surface area contributed by atoms with Gasteiger partial charge in [0.05, 0.1) is 32.5 Å². The molecule has 0 aromatic rings. The fourth-order valence-corrected chi connectivity index (χ4v) is 14.6. The Labute approximate surface area is 621 Å². The molecule has 29 heteroatoms. The number of carbonyl (C=O) groups excluding carboxylic acids is 1. The summed E-state index contributed by atoms with van der Waals surface area (Å²) in [7, 11) is -11.2. The average Bonchev–Trinajstić information content (AvgIpc) is 1.17. The fraction of sp³-hybridized carbons (Fsp3) is 0.724. The minimum Gasteiger partial charge on any atom is -0.394 e. The standard InChI is InChI=1S/C76H127NO26P2/c1-46(2)23-14-24-47(3)25-15-26-48(4)27-16-28-49(5)29-17-30-50(6)31-18-32-51(7)33-19-34-52(8)35-20-36-53(9)37-21-38-54(10)39-22-40-55(11)41-42-94-104(90,91)103-105(92,93)102-73-61(77-57(13)81)72(62(83)59(44-79)96-73)101-74-66(87)63(84)69(56(12)95-74)98-76-68(89)65(86)71(100-76)60(45-80)97-75-67(88)64(85)70(99-75)58(82)43-78/h23,25,27,29,31,33,35,37,39,41,56,58-76,78-80,82-89H,14-22,24,26,28,30,32,34,36,38,40,42-45H2,1-13H3,(H,77,81)(H,90,91)(H,92,93)/b47-25+,48-27-,49-29-,50-31-,51-33-,52-35-,53-37-,54-39-,55-41-/t56-,58+,59+,60+,61+,62+,63-,64+,65+,66+,67+,68+,69-,70-,71-,72+,73+,74-,75+,76+/m0/s1. The minimum absolute atomic E-state index is 0.529. The maximum atomic E-state index is 13.4. The van der Waals surface area contributed by atoms with Crippen molar-refractivity contribution in [1.29, 1.82) is 0 Å². The van der Waals surface area contributed by atoms with Crippen molar-refractivity contribution in [3.63, 3.8) is 0 Å². The van der Waals surface area contributed by atoms with Crippen LogP contribution in [0.2, 0.25) is 0 Å². The molecule has 4 aliphatic heterocycles. The van der Waals surface area contributed by atoms with Gasteiger partial charge in [-0.25, -0.2) is 9.13 Å². The molecule has 22 atom stereocenters. The van der Waals surface area contributed by atoms with E-state index in [-0.39, 0.29) is 0 Å². The number of hydrogen-bond donors (Lipinski definition) is 14. The van der Waals surface area contributed by atoms with E-state index in [0.717, 1.165) is 115 Å². The van der Waals surface area contributed by atoms with E-state index in [1.807, 2.05) is 0 Å². The van der Waals surface area contributed by atoms with Crippen molar-refractivity contribution in [1.82, 2.24) is 5.32 Å². The van der Waals surface area contributed by atoms with Crippen LogP contribution in [0.15, 0.2) is 116 Å². The molecule has 4 aliphatic rings. The number of hydrogen-bond acceptors (Lipinski definition) is 24. The topological polar surface area (TPSA) is 419 Å². The van der Waals surface area contributed by atoms with E-state index in [9.17, 15) is 79.9 Å². The fourth-order valence-electron chi connectivity index (χ4n) is 12.5. The van der Waals surface area contributed by atoms with Crippen LogP contribution in [0.4, 0.5) is 0 Å². The lowest BCUT2D eigenvalue weighted by Gasteiger charge is -2.47. The van der Waals surface area contributed by atoms with Crippen molar-refractivity contribution in [2.45, 2.75) is 328 Å². The van der Waals surface area contributed by atoms with E-state index in [1.54, 1.807) is 6.92 Å². The van der Waals surface area contributed by atoms with Crippen LogP contribution in [-0.4, -0.2) is 221 Å². The highest BCUT2D eigenvalue weighted by Crippen LogP contribution is 2.61. The Kier molecular flexibility index (Phi) is 42.5.